The van der Waals surface area contributed by atoms with Gasteiger partial charge in [-0.2, -0.15) is 0 Å². The van der Waals surface area contributed by atoms with Crippen molar-refractivity contribution >= 4 is 17.9 Å². The van der Waals surface area contributed by atoms with Crippen molar-refractivity contribution in [3.05, 3.63) is 24.6 Å². The van der Waals surface area contributed by atoms with Crippen LogP contribution in [0.25, 0.3) is 0 Å². The van der Waals surface area contributed by atoms with Crippen LogP contribution >= 0.6 is 0 Å². The van der Waals surface area contributed by atoms with Gasteiger partial charge in [-0.25, -0.2) is 9.78 Å². The summed E-state index contributed by atoms with van der Waals surface area (Å²) in [5.41, 5.74) is 0. The Labute approximate surface area is 104 Å². The monoisotopic (exact) mass is 250 g/mol. The summed E-state index contributed by atoms with van der Waals surface area (Å²) >= 11 is 0. The Kier molecular flexibility index (Phi) is 3.45. The largest absolute Gasteiger partial charge is 0.460 e. The smallest absolute Gasteiger partial charge is 0.376 e. The minimum atomic E-state index is -0.580. The number of ether oxygens (including phenoxy) is 1. The minimum Gasteiger partial charge on any atom is -0.460 e. The van der Waals surface area contributed by atoms with Gasteiger partial charge in [-0.1, -0.05) is 6.08 Å². The molecule has 1 saturated heterocycles. The quantitative estimate of drug-likeness (QED) is 0.596. The Morgan fingerprint density at radius 3 is 3.17 bits per heavy atom. The Hall–Kier alpha value is -2.11. The molecule has 18 heavy (non-hydrogen) atoms. The number of carbonyl (C=O) groups is 2. The van der Waals surface area contributed by atoms with Crippen LogP contribution in [0.2, 0.25) is 0 Å². The van der Waals surface area contributed by atoms with Crippen molar-refractivity contribution in [1.29, 1.82) is 0 Å². The molecule has 0 bridgehead atoms. The van der Waals surface area contributed by atoms with E-state index in [0.29, 0.717) is 13.0 Å². The zero-order chi connectivity index (χ0) is 13.1. The molecule has 1 aromatic rings. The molecule has 0 radical (unpaired) electrons. The topological polar surface area (TPSA) is 72.6 Å². The van der Waals surface area contributed by atoms with E-state index in [1.54, 1.807) is 13.0 Å². The average Bonchev–Trinajstić information content (AvgIpc) is 2.95. The molecule has 6 nitrogen and oxygen atoms in total. The second kappa shape index (κ2) is 5.03. The molecule has 0 aromatic carbocycles. The molecule has 1 fully saturated rings. The van der Waals surface area contributed by atoms with Crippen LogP contribution in [-0.2, 0) is 9.53 Å². The van der Waals surface area contributed by atoms with Crippen molar-refractivity contribution in [2.24, 2.45) is 5.92 Å². The predicted octanol–water partition coefficient (Wildman–Crippen LogP) is 1.39. The molecule has 2 heterocycles. The Morgan fingerprint density at radius 1 is 1.78 bits per heavy atom. The molecule has 0 spiro atoms. The molecule has 1 atom stereocenters. The van der Waals surface area contributed by atoms with E-state index in [4.69, 9.17) is 9.15 Å². The first-order valence-corrected chi connectivity index (χ1v) is 5.71. The molecule has 96 valence electrons. The molecule has 1 aliphatic heterocycles. The van der Waals surface area contributed by atoms with Crippen molar-refractivity contribution in [1.82, 2.24) is 4.98 Å². The van der Waals surface area contributed by atoms with E-state index in [-0.39, 0.29) is 30.2 Å². The van der Waals surface area contributed by atoms with Gasteiger partial charge in [0.1, 0.15) is 0 Å². The molecule has 0 saturated carbocycles. The number of oxazole rings is 1. The van der Waals surface area contributed by atoms with Crippen LogP contribution < -0.4 is 4.90 Å². The first kappa shape index (κ1) is 12.3. The number of hydrogen-bond donors (Lipinski definition) is 0. The van der Waals surface area contributed by atoms with Gasteiger partial charge in [0, 0.05) is 18.9 Å². The van der Waals surface area contributed by atoms with Crippen LogP contribution in [0.5, 0.6) is 0 Å². The third-order valence-corrected chi connectivity index (χ3v) is 2.69. The lowest BCUT2D eigenvalue weighted by atomic mass is 10.1. The van der Waals surface area contributed by atoms with Crippen molar-refractivity contribution in [3.8, 4) is 0 Å². The van der Waals surface area contributed by atoms with E-state index < -0.39 is 5.97 Å². The second-order valence-corrected chi connectivity index (χ2v) is 3.93. The maximum Gasteiger partial charge on any atom is 0.376 e. The molecule has 1 amide bonds. The van der Waals surface area contributed by atoms with Crippen LogP contribution in [-0.4, -0.2) is 30.0 Å². The summed E-state index contributed by atoms with van der Waals surface area (Å²) in [6.45, 7) is 6.10. The van der Waals surface area contributed by atoms with E-state index in [2.05, 4.69) is 11.6 Å². The molecule has 1 aliphatic rings. The fourth-order valence-corrected chi connectivity index (χ4v) is 1.76. The van der Waals surface area contributed by atoms with Crippen molar-refractivity contribution < 1.29 is 18.7 Å². The van der Waals surface area contributed by atoms with Crippen LogP contribution in [0, 0.1) is 5.92 Å². The fraction of sp³-hybridized carbons (Fsp3) is 0.417. The van der Waals surface area contributed by atoms with Crippen molar-refractivity contribution in [3.63, 3.8) is 0 Å². The van der Waals surface area contributed by atoms with Crippen LogP contribution in [0.15, 0.2) is 23.3 Å². The van der Waals surface area contributed by atoms with Gasteiger partial charge in [0.15, 0.2) is 0 Å². The van der Waals surface area contributed by atoms with E-state index in [9.17, 15) is 9.59 Å². The first-order valence-electron chi connectivity index (χ1n) is 5.71. The minimum absolute atomic E-state index is 0.00158. The summed E-state index contributed by atoms with van der Waals surface area (Å²) < 4.78 is 10.0. The number of nitrogens with zero attached hydrogens (tertiary/aromatic N) is 2. The van der Waals surface area contributed by atoms with Crippen molar-refractivity contribution in [2.45, 2.75) is 13.3 Å². The number of aromatic nitrogens is 1. The van der Waals surface area contributed by atoms with Crippen molar-refractivity contribution in [2.75, 3.05) is 18.1 Å². The lowest BCUT2D eigenvalue weighted by Crippen LogP contribution is -2.24. The highest BCUT2D eigenvalue weighted by atomic mass is 16.5. The molecule has 1 unspecified atom stereocenters. The third-order valence-electron chi connectivity index (χ3n) is 2.69. The normalized spacial score (nSPS) is 19.1. The van der Waals surface area contributed by atoms with Gasteiger partial charge < -0.3 is 9.15 Å². The molecular formula is C12H14N2O4. The van der Waals surface area contributed by atoms with Gasteiger partial charge in [-0.3, -0.25) is 9.69 Å². The van der Waals surface area contributed by atoms with Gasteiger partial charge in [0.2, 0.25) is 11.7 Å². The van der Waals surface area contributed by atoms with Gasteiger partial charge >= 0.3 is 12.0 Å². The molecular weight excluding hydrogens is 236 g/mol. The number of carbonyl (C=O) groups excluding carboxylic acids is 2. The summed E-state index contributed by atoms with van der Waals surface area (Å²) in [5.74, 6) is -0.572. The summed E-state index contributed by atoms with van der Waals surface area (Å²) in [5, 5.41) is 0. The summed E-state index contributed by atoms with van der Waals surface area (Å²) in [6, 6.07) is 0.132. The molecule has 0 aliphatic carbocycles. The van der Waals surface area contributed by atoms with Gasteiger partial charge in [0.25, 0.3) is 0 Å². The van der Waals surface area contributed by atoms with Crippen LogP contribution in [0.3, 0.4) is 0 Å². The van der Waals surface area contributed by atoms with Gasteiger partial charge in [-0.15, -0.1) is 6.58 Å². The zero-order valence-electron chi connectivity index (χ0n) is 10.1. The highest BCUT2D eigenvalue weighted by molar-refractivity contribution is 5.94. The van der Waals surface area contributed by atoms with Crippen LogP contribution in [0.4, 0.5) is 6.01 Å². The Balaban J connectivity index is 2.13. The highest BCUT2D eigenvalue weighted by Crippen LogP contribution is 2.25. The lowest BCUT2D eigenvalue weighted by molar-refractivity contribution is -0.117. The van der Waals surface area contributed by atoms with E-state index in [1.165, 1.54) is 11.1 Å². The lowest BCUT2D eigenvalue weighted by Gasteiger charge is -2.09. The summed E-state index contributed by atoms with van der Waals surface area (Å²) in [6.07, 6.45) is 3.38. The van der Waals surface area contributed by atoms with Crippen LogP contribution in [0.1, 0.15) is 23.9 Å². The fourth-order valence-electron chi connectivity index (χ4n) is 1.76. The number of rotatable bonds is 4. The number of amides is 1. The maximum absolute atomic E-state index is 11.7. The maximum atomic E-state index is 11.7. The Bertz CT molecular complexity index is 480. The number of anilines is 1. The second-order valence-electron chi connectivity index (χ2n) is 3.93. The van der Waals surface area contributed by atoms with Gasteiger partial charge in [0.05, 0.1) is 12.8 Å². The Morgan fingerprint density at radius 2 is 2.56 bits per heavy atom. The molecule has 1 aromatic heterocycles. The van der Waals surface area contributed by atoms with E-state index in [0.717, 1.165) is 0 Å². The summed E-state index contributed by atoms with van der Waals surface area (Å²) in [4.78, 5) is 28.4. The highest BCUT2D eigenvalue weighted by Gasteiger charge is 2.32. The summed E-state index contributed by atoms with van der Waals surface area (Å²) in [7, 11) is 0. The molecule has 6 heteroatoms. The van der Waals surface area contributed by atoms with Gasteiger partial charge in [-0.05, 0) is 6.92 Å². The SMILES string of the molecule is C=CC1CC(=O)N(c2ncc(C(=O)OCC)o2)C1. The zero-order valence-corrected chi connectivity index (χ0v) is 10.1. The molecule has 0 N–H and O–H groups in total. The third kappa shape index (κ3) is 2.27. The standard InChI is InChI=1S/C12H14N2O4/c1-3-8-5-10(15)14(7-8)12-13-6-9(18-12)11(16)17-4-2/h3,6,8H,1,4-5,7H2,2H3. The molecule has 2 rings (SSSR count). The number of hydrogen-bond acceptors (Lipinski definition) is 5. The van der Waals surface area contributed by atoms with E-state index in [1.807, 2.05) is 0 Å². The first-order chi connectivity index (χ1) is 8.65. The average molecular weight is 250 g/mol. The number of esters is 1. The predicted molar refractivity (Wildman–Crippen MR) is 63.1 cm³/mol. The van der Waals surface area contributed by atoms with E-state index >= 15 is 0 Å².